The number of nitro groups is 1. The van der Waals surface area contributed by atoms with E-state index in [4.69, 9.17) is 5.11 Å². The first kappa shape index (κ1) is 19.3. The van der Waals surface area contributed by atoms with Gasteiger partial charge < -0.3 is 15.7 Å². The lowest BCUT2D eigenvalue weighted by atomic mass is 9.97. The molecule has 9 nitrogen and oxygen atoms in total. The molecule has 0 amide bonds. The third-order valence-electron chi connectivity index (χ3n) is 4.52. The van der Waals surface area contributed by atoms with Crippen molar-refractivity contribution < 1.29 is 14.8 Å². The van der Waals surface area contributed by atoms with Crippen molar-refractivity contribution >= 4 is 29.0 Å². The quantitative estimate of drug-likeness (QED) is 0.352. The summed E-state index contributed by atoms with van der Waals surface area (Å²) in [6, 6.07) is 5.87. The van der Waals surface area contributed by atoms with Crippen LogP contribution in [0.15, 0.2) is 42.2 Å². The summed E-state index contributed by atoms with van der Waals surface area (Å²) < 4.78 is 0. The van der Waals surface area contributed by atoms with Crippen molar-refractivity contribution in [2.75, 3.05) is 17.2 Å². The van der Waals surface area contributed by atoms with Gasteiger partial charge in [0.2, 0.25) is 11.6 Å². The van der Waals surface area contributed by atoms with Crippen LogP contribution in [0.2, 0.25) is 0 Å². The molecule has 0 unspecified atom stereocenters. The minimum atomic E-state index is -1.04. The van der Waals surface area contributed by atoms with E-state index in [1.807, 2.05) is 0 Å². The number of carboxylic acid groups (broad SMARTS) is 1. The first-order valence-corrected chi connectivity index (χ1v) is 9.06. The third-order valence-corrected chi connectivity index (χ3v) is 4.52. The van der Waals surface area contributed by atoms with Crippen molar-refractivity contribution in [3.8, 4) is 0 Å². The fourth-order valence-corrected chi connectivity index (χ4v) is 3.08. The Morgan fingerprint density at radius 2 is 1.93 bits per heavy atom. The summed E-state index contributed by atoms with van der Waals surface area (Å²) in [6.45, 7) is 0.552. The van der Waals surface area contributed by atoms with Gasteiger partial charge in [-0.2, -0.15) is 0 Å². The van der Waals surface area contributed by atoms with Crippen LogP contribution in [0.5, 0.6) is 0 Å². The molecule has 1 aliphatic carbocycles. The minimum Gasteiger partial charge on any atom is -0.478 e. The Hall–Kier alpha value is -3.49. The highest BCUT2D eigenvalue weighted by Crippen LogP contribution is 2.31. The summed E-state index contributed by atoms with van der Waals surface area (Å²) in [5.74, 6) is -0.845. The predicted octanol–water partition coefficient (Wildman–Crippen LogP) is 4.13. The van der Waals surface area contributed by atoms with Gasteiger partial charge in [0.1, 0.15) is 6.33 Å². The number of hydrogen-bond donors (Lipinski definition) is 3. The summed E-state index contributed by atoms with van der Waals surface area (Å²) in [5.41, 5.74) is 1.74. The number of anilines is 3. The molecule has 0 radical (unpaired) electrons. The van der Waals surface area contributed by atoms with E-state index in [0.29, 0.717) is 12.2 Å². The van der Waals surface area contributed by atoms with E-state index in [2.05, 4.69) is 26.7 Å². The fraction of sp³-hybridized carbons (Fsp3) is 0.316. The van der Waals surface area contributed by atoms with Crippen LogP contribution in [0.25, 0.3) is 0 Å². The normalized spacial score (nSPS) is 13.5. The fourth-order valence-electron chi connectivity index (χ4n) is 3.08. The van der Waals surface area contributed by atoms with Gasteiger partial charge in [-0.25, -0.2) is 14.8 Å². The number of allylic oxidation sites excluding steroid dienone is 1. The van der Waals surface area contributed by atoms with Gasteiger partial charge in [0, 0.05) is 12.2 Å². The van der Waals surface area contributed by atoms with Gasteiger partial charge in [-0.15, -0.1) is 0 Å². The van der Waals surface area contributed by atoms with E-state index < -0.39 is 10.9 Å². The molecule has 1 aromatic carbocycles. The summed E-state index contributed by atoms with van der Waals surface area (Å²) in [7, 11) is 0. The molecular weight excluding hydrogens is 362 g/mol. The highest BCUT2D eigenvalue weighted by Gasteiger charge is 2.23. The van der Waals surface area contributed by atoms with Gasteiger partial charge in [-0.05, 0) is 56.4 Å². The molecule has 0 aliphatic heterocycles. The largest absolute Gasteiger partial charge is 0.478 e. The Morgan fingerprint density at radius 1 is 1.18 bits per heavy atom. The van der Waals surface area contributed by atoms with Gasteiger partial charge in [-0.3, -0.25) is 10.1 Å². The Bertz CT molecular complexity index is 896. The lowest BCUT2D eigenvalue weighted by Crippen LogP contribution is -2.10. The van der Waals surface area contributed by atoms with Gasteiger partial charge >= 0.3 is 11.7 Å². The SMILES string of the molecule is O=C(O)c1ccc(Nc2ncnc(NCCC3=CCCCC3)c2[N+](=O)[O-])cc1. The number of hydrogen-bond acceptors (Lipinski definition) is 7. The second-order valence-corrected chi connectivity index (χ2v) is 6.47. The van der Waals surface area contributed by atoms with Crippen LogP contribution in [-0.2, 0) is 0 Å². The van der Waals surface area contributed by atoms with E-state index in [1.54, 1.807) is 0 Å². The Morgan fingerprint density at radius 3 is 2.57 bits per heavy atom. The zero-order valence-corrected chi connectivity index (χ0v) is 15.2. The smallest absolute Gasteiger partial charge is 0.353 e. The molecule has 9 heteroatoms. The molecule has 0 fully saturated rings. The Labute approximate surface area is 161 Å². The number of nitrogens with one attached hydrogen (secondary N) is 2. The average molecular weight is 383 g/mol. The van der Waals surface area contributed by atoms with Crippen molar-refractivity contribution in [3.05, 3.63) is 57.9 Å². The maximum Gasteiger partial charge on any atom is 0.353 e. The summed E-state index contributed by atoms with van der Waals surface area (Å²) in [5, 5.41) is 26.5. The number of rotatable bonds is 8. The van der Waals surface area contributed by atoms with Crippen molar-refractivity contribution in [3.63, 3.8) is 0 Å². The van der Waals surface area contributed by atoms with Crippen molar-refractivity contribution in [2.45, 2.75) is 32.1 Å². The van der Waals surface area contributed by atoms with E-state index in [9.17, 15) is 14.9 Å². The van der Waals surface area contributed by atoms with Gasteiger partial charge in [0.25, 0.3) is 0 Å². The third kappa shape index (κ3) is 4.81. The van der Waals surface area contributed by atoms with Crippen LogP contribution in [-0.4, -0.2) is 32.5 Å². The molecule has 3 rings (SSSR count). The number of aromatic carboxylic acids is 1. The zero-order chi connectivity index (χ0) is 19.9. The van der Waals surface area contributed by atoms with Crippen LogP contribution >= 0.6 is 0 Å². The predicted molar refractivity (Wildman–Crippen MR) is 105 cm³/mol. The van der Waals surface area contributed by atoms with E-state index >= 15 is 0 Å². The van der Waals surface area contributed by atoms with Gasteiger partial charge in [0.05, 0.1) is 10.5 Å². The highest BCUT2D eigenvalue weighted by atomic mass is 16.6. The number of nitrogens with zero attached hydrogens (tertiary/aromatic N) is 3. The molecule has 0 saturated carbocycles. The molecule has 2 aromatic rings. The van der Waals surface area contributed by atoms with Crippen molar-refractivity contribution in [1.29, 1.82) is 0 Å². The molecule has 0 bridgehead atoms. The molecule has 0 saturated heterocycles. The van der Waals surface area contributed by atoms with Gasteiger partial charge in [0.15, 0.2) is 0 Å². The number of benzene rings is 1. The van der Waals surface area contributed by atoms with Crippen LogP contribution in [0.3, 0.4) is 0 Å². The number of carbonyl (C=O) groups is 1. The van der Waals surface area contributed by atoms with Crippen LogP contribution < -0.4 is 10.6 Å². The maximum absolute atomic E-state index is 11.6. The number of aromatic nitrogens is 2. The van der Waals surface area contributed by atoms with Crippen LogP contribution in [0.4, 0.5) is 23.0 Å². The molecule has 1 aliphatic rings. The Balaban J connectivity index is 1.74. The summed E-state index contributed by atoms with van der Waals surface area (Å²) in [6.07, 6.45) is 8.90. The van der Waals surface area contributed by atoms with Crippen molar-refractivity contribution in [2.24, 2.45) is 0 Å². The topological polar surface area (TPSA) is 130 Å². The van der Waals surface area contributed by atoms with Crippen LogP contribution in [0, 0.1) is 10.1 Å². The standard InChI is InChI=1S/C19H21N5O4/c25-19(26)14-6-8-15(9-7-14)23-18-16(24(27)28)17(21-12-22-18)20-11-10-13-4-2-1-3-5-13/h4,6-9,12H,1-3,5,10-11H2,(H,25,26)(H2,20,21,22,23). The zero-order valence-electron chi connectivity index (χ0n) is 15.2. The summed E-state index contributed by atoms with van der Waals surface area (Å²) >= 11 is 0. The molecule has 0 spiro atoms. The molecule has 0 atom stereocenters. The molecule has 28 heavy (non-hydrogen) atoms. The Kier molecular flexibility index (Phi) is 6.15. The molecule has 1 heterocycles. The van der Waals surface area contributed by atoms with Crippen LogP contribution in [0.1, 0.15) is 42.5 Å². The lowest BCUT2D eigenvalue weighted by molar-refractivity contribution is -0.383. The molecule has 3 N–H and O–H groups in total. The van der Waals surface area contributed by atoms with E-state index in [0.717, 1.165) is 19.3 Å². The van der Waals surface area contributed by atoms with Gasteiger partial charge in [-0.1, -0.05) is 11.6 Å². The first-order chi connectivity index (χ1) is 13.5. The average Bonchev–Trinajstić information content (AvgIpc) is 2.69. The monoisotopic (exact) mass is 383 g/mol. The maximum atomic E-state index is 11.6. The molecule has 1 aromatic heterocycles. The second-order valence-electron chi connectivity index (χ2n) is 6.47. The minimum absolute atomic E-state index is 0.0439. The van der Waals surface area contributed by atoms with Crippen molar-refractivity contribution in [1.82, 2.24) is 9.97 Å². The van der Waals surface area contributed by atoms with E-state index in [1.165, 1.54) is 49.0 Å². The second kappa shape index (κ2) is 8.94. The lowest BCUT2D eigenvalue weighted by Gasteiger charge is -2.14. The molecular formula is C19H21N5O4. The first-order valence-electron chi connectivity index (χ1n) is 9.06. The molecule has 146 valence electrons. The summed E-state index contributed by atoms with van der Waals surface area (Å²) in [4.78, 5) is 30.0. The number of carboxylic acids is 1. The highest BCUT2D eigenvalue weighted by molar-refractivity contribution is 5.88. The van der Waals surface area contributed by atoms with E-state index in [-0.39, 0.29) is 22.9 Å².